The number of benzene rings is 1. The van der Waals surface area contributed by atoms with Gasteiger partial charge in [0.1, 0.15) is 0 Å². The van der Waals surface area contributed by atoms with Crippen molar-refractivity contribution in [3.8, 4) is 11.1 Å². The fourth-order valence-electron chi connectivity index (χ4n) is 1.87. The maximum Gasteiger partial charge on any atom is 0.302 e. The summed E-state index contributed by atoms with van der Waals surface area (Å²) in [5.41, 5.74) is 5.22. The minimum absolute atomic E-state index is 0.0973. The molecule has 0 saturated carbocycles. The number of nitrogens with two attached hydrogens (primary N) is 2. The van der Waals surface area contributed by atoms with Crippen LogP contribution in [0.1, 0.15) is 20.8 Å². The molecule has 0 aliphatic carbocycles. The lowest BCUT2D eigenvalue weighted by atomic mass is 10.0. The number of amides is 1. The van der Waals surface area contributed by atoms with Gasteiger partial charge in [0.25, 0.3) is 0 Å². The molecule has 2 aromatic rings. The van der Waals surface area contributed by atoms with Gasteiger partial charge in [0.05, 0.1) is 11.7 Å². The molecule has 4 N–H and O–H groups in total. The van der Waals surface area contributed by atoms with Crippen LogP contribution in [0.3, 0.4) is 0 Å². The molecule has 8 nitrogen and oxygen atoms in total. The zero-order chi connectivity index (χ0) is 15.8. The molecule has 0 fully saturated rings. The number of aromatic carboxylic acids is 1. The Morgan fingerprint density at radius 3 is 2.10 bits per heavy atom. The molecule has 0 radical (unpaired) electrons. The van der Waals surface area contributed by atoms with Crippen LogP contribution in [0.5, 0.6) is 0 Å². The van der Waals surface area contributed by atoms with Crippen molar-refractivity contribution in [3.63, 3.8) is 0 Å². The van der Waals surface area contributed by atoms with E-state index in [1.807, 2.05) is 0 Å². The first-order chi connectivity index (χ1) is 9.71. The van der Waals surface area contributed by atoms with Gasteiger partial charge in [-0.1, -0.05) is 12.1 Å². The second kappa shape index (κ2) is 5.04. The van der Waals surface area contributed by atoms with Gasteiger partial charge >= 0.3 is 10.2 Å². The molecule has 9 heteroatoms. The van der Waals surface area contributed by atoms with E-state index in [0.29, 0.717) is 9.54 Å². The van der Waals surface area contributed by atoms with E-state index in [0.717, 1.165) is 6.20 Å². The predicted molar refractivity (Wildman–Crippen MR) is 71.2 cm³/mol. The number of rotatable bonds is 4. The van der Waals surface area contributed by atoms with Crippen LogP contribution in [-0.4, -0.2) is 24.3 Å². The summed E-state index contributed by atoms with van der Waals surface area (Å²) in [5, 5.41) is 16.1. The zero-order valence-electron chi connectivity index (χ0n) is 10.5. The van der Waals surface area contributed by atoms with Crippen LogP contribution in [0.15, 0.2) is 36.5 Å². The summed E-state index contributed by atoms with van der Waals surface area (Å²) in [7, 11) is -4.27. The van der Waals surface area contributed by atoms with Gasteiger partial charge in [-0.15, -0.1) is 0 Å². The number of carbonyl (C=O) groups excluding carboxylic acids is 2. The summed E-state index contributed by atoms with van der Waals surface area (Å²) in [5.74, 6) is -2.33. The van der Waals surface area contributed by atoms with Crippen LogP contribution >= 0.6 is 0 Å². The highest BCUT2D eigenvalue weighted by Crippen LogP contribution is 2.25. The summed E-state index contributed by atoms with van der Waals surface area (Å²) >= 11 is 0. The third-order valence-electron chi connectivity index (χ3n) is 2.80. The molecule has 0 spiro atoms. The summed E-state index contributed by atoms with van der Waals surface area (Å²) in [4.78, 5) is 22.2. The van der Waals surface area contributed by atoms with Crippen LogP contribution in [0, 0.1) is 0 Å². The van der Waals surface area contributed by atoms with Crippen molar-refractivity contribution in [1.82, 2.24) is 3.97 Å². The minimum atomic E-state index is -4.27. The van der Waals surface area contributed by atoms with Gasteiger partial charge in [-0.05, 0) is 23.8 Å². The Hall–Kier alpha value is -2.65. The molecule has 0 aliphatic rings. The van der Waals surface area contributed by atoms with E-state index in [-0.39, 0.29) is 11.1 Å². The van der Waals surface area contributed by atoms with E-state index < -0.39 is 27.8 Å². The SMILES string of the molecule is NC(=O)c1ccc(-c2ccn(S(N)(=O)=O)c2C(=O)[O-])cc1. The van der Waals surface area contributed by atoms with Crippen molar-refractivity contribution in [3.05, 3.63) is 47.8 Å². The smallest absolute Gasteiger partial charge is 0.302 e. The topological polar surface area (TPSA) is 148 Å². The first kappa shape index (κ1) is 14.8. The first-order valence-corrected chi connectivity index (χ1v) is 7.08. The maximum atomic E-state index is 11.3. The van der Waals surface area contributed by atoms with Crippen molar-refractivity contribution in [1.29, 1.82) is 0 Å². The number of hydrogen-bond acceptors (Lipinski definition) is 5. The first-order valence-electron chi connectivity index (χ1n) is 5.58. The normalized spacial score (nSPS) is 11.3. The van der Waals surface area contributed by atoms with Crippen LogP contribution in [0.2, 0.25) is 0 Å². The third kappa shape index (κ3) is 2.78. The van der Waals surface area contributed by atoms with Gasteiger partial charge in [0.15, 0.2) is 0 Å². The van der Waals surface area contributed by atoms with Crippen molar-refractivity contribution in [2.24, 2.45) is 10.9 Å². The molecule has 1 aromatic heterocycles. The van der Waals surface area contributed by atoms with Crippen molar-refractivity contribution in [2.45, 2.75) is 0 Å². The molecule has 110 valence electrons. The van der Waals surface area contributed by atoms with Crippen molar-refractivity contribution in [2.75, 3.05) is 0 Å². The average Bonchev–Trinajstić information content (AvgIpc) is 2.83. The molecule has 0 bridgehead atoms. The van der Waals surface area contributed by atoms with Crippen LogP contribution in [-0.2, 0) is 10.2 Å². The Morgan fingerprint density at radius 1 is 1.10 bits per heavy atom. The molecule has 2 rings (SSSR count). The highest BCUT2D eigenvalue weighted by molar-refractivity contribution is 7.87. The molecule has 0 saturated heterocycles. The fourth-order valence-corrected chi connectivity index (χ4v) is 2.53. The Morgan fingerprint density at radius 2 is 1.67 bits per heavy atom. The zero-order valence-corrected chi connectivity index (χ0v) is 11.3. The second-order valence-electron chi connectivity index (χ2n) is 4.15. The number of carboxylic acid groups (broad SMARTS) is 1. The molecule has 21 heavy (non-hydrogen) atoms. The standard InChI is InChI=1S/C12H11N3O5S/c13-11(16)8-3-1-7(2-4-8)9-5-6-15(21(14,19)20)10(9)12(17)18/h1-6H,(H2,13,16)(H,17,18)(H2,14,19,20)/p-1. The van der Waals surface area contributed by atoms with Gasteiger partial charge in [0, 0.05) is 17.3 Å². The number of hydrogen-bond donors (Lipinski definition) is 2. The van der Waals surface area contributed by atoms with E-state index in [4.69, 9.17) is 10.9 Å². The largest absolute Gasteiger partial charge is 0.543 e. The fraction of sp³-hybridized carbons (Fsp3) is 0. The molecular formula is C12H10N3O5S-. The number of carboxylic acids is 1. The highest BCUT2D eigenvalue weighted by atomic mass is 32.2. The van der Waals surface area contributed by atoms with E-state index in [9.17, 15) is 23.1 Å². The van der Waals surface area contributed by atoms with Crippen molar-refractivity contribution >= 4 is 22.1 Å². The number of primary amides is 1. The number of aromatic nitrogens is 1. The van der Waals surface area contributed by atoms with Crippen LogP contribution in [0.25, 0.3) is 11.1 Å². The minimum Gasteiger partial charge on any atom is -0.543 e. The summed E-state index contributed by atoms with van der Waals surface area (Å²) < 4.78 is 23.1. The van der Waals surface area contributed by atoms with E-state index >= 15 is 0 Å². The highest BCUT2D eigenvalue weighted by Gasteiger charge is 2.18. The molecule has 0 aliphatic heterocycles. The third-order valence-corrected chi connectivity index (χ3v) is 3.65. The lowest BCUT2D eigenvalue weighted by molar-refractivity contribution is -0.255. The van der Waals surface area contributed by atoms with Crippen LogP contribution in [0.4, 0.5) is 0 Å². The lowest BCUT2D eigenvalue weighted by Gasteiger charge is -2.10. The van der Waals surface area contributed by atoms with Crippen LogP contribution < -0.4 is 16.0 Å². The Kier molecular flexibility index (Phi) is 3.54. The second-order valence-corrected chi connectivity index (χ2v) is 5.57. The lowest BCUT2D eigenvalue weighted by Crippen LogP contribution is -2.31. The molecule has 0 unspecified atom stereocenters. The average molecular weight is 308 g/mol. The quantitative estimate of drug-likeness (QED) is 0.717. The number of carbonyl (C=O) groups is 2. The van der Waals surface area contributed by atoms with Gasteiger partial charge in [-0.2, -0.15) is 8.42 Å². The number of nitrogens with zero attached hydrogens (tertiary/aromatic N) is 1. The van der Waals surface area contributed by atoms with E-state index in [1.54, 1.807) is 0 Å². The summed E-state index contributed by atoms with van der Waals surface area (Å²) in [6.07, 6.45) is 1.01. The van der Waals surface area contributed by atoms with E-state index in [1.165, 1.54) is 30.3 Å². The van der Waals surface area contributed by atoms with Gasteiger partial charge in [-0.25, -0.2) is 9.11 Å². The van der Waals surface area contributed by atoms with Gasteiger partial charge < -0.3 is 15.6 Å². The maximum absolute atomic E-state index is 11.3. The Balaban J connectivity index is 2.62. The van der Waals surface area contributed by atoms with Gasteiger partial charge in [0.2, 0.25) is 5.91 Å². The monoisotopic (exact) mass is 308 g/mol. The molecule has 1 aromatic carbocycles. The van der Waals surface area contributed by atoms with Crippen molar-refractivity contribution < 1.29 is 23.1 Å². The summed E-state index contributed by atoms with van der Waals surface area (Å²) in [6, 6.07) is 6.94. The molecule has 0 atom stereocenters. The summed E-state index contributed by atoms with van der Waals surface area (Å²) in [6.45, 7) is 0. The van der Waals surface area contributed by atoms with E-state index in [2.05, 4.69) is 0 Å². The Bertz CT molecular complexity index is 821. The Labute approximate surface area is 119 Å². The predicted octanol–water partition coefficient (Wildman–Crippen LogP) is -1.33. The molecular weight excluding hydrogens is 298 g/mol. The molecule has 1 amide bonds. The van der Waals surface area contributed by atoms with Gasteiger partial charge in [-0.3, -0.25) is 4.79 Å². The molecule has 1 heterocycles.